The van der Waals surface area contributed by atoms with Crippen molar-refractivity contribution in [2.75, 3.05) is 0 Å². The van der Waals surface area contributed by atoms with Gasteiger partial charge in [0.25, 0.3) is 0 Å². The topological polar surface area (TPSA) is 23.8 Å². The highest BCUT2D eigenvalue weighted by Crippen LogP contribution is 2.15. The molecular weight excluding hydrogens is 256 g/mol. The van der Waals surface area contributed by atoms with Crippen molar-refractivity contribution in [1.82, 2.24) is 0 Å². The van der Waals surface area contributed by atoms with E-state index in [4.69, 9.17) is 5.26 Å². The molecule has 0 radical (unpaired) electrons. The van der Waals surface area contributed by atoms with Crippen LogP contribution in [0.2, 0.25) is 0 Å². The molecule has 3 heteroatoms. The molecule has 0 aliphatic heterocycles. The molecule has 0 saturated carbocycles. The van der Waals surface area contributed by atoms with E-state index in [9.17, 15) is 8.78 Å². The Labute approximate surface area is 115 Å². The van der Waals surface area contributed by atoms with E-state index in [2.05, 4.69) is 18.4 Å². The first-order chi connectivity index (χ1) is 9.63. The highest BCUT2D eigenvalue weighted by Gasteiger charge is 2.07. The van der Waals surface area contributed by atoms with Gasteiger partial charge in [0, 0.05) is 5.56 Å². The minimum atomic E-state index is -0.721. The summed E-state index contributed by atoms with van der Waals surface area (Å²) in [6.07, 6.45) is 1.37. The fourth-order valence-electron chi connectivity index (χ4n) is 1.59. The molecule has 0 aliphatic rings. The van der Waals surface area contributed by atoms with Gasteiger partial charge in [-0.25, -0.2) is 8.78 Å². The van der Waals surface area contributed by atoms with Gasteiger partial charge in [0.05, 0.1) is 17.2 Å². The predicted octanol–water partition coefficient (Wildman–Crippen LogP) is 3.88. The van der Waals surface area contributed by atoms with Crippen LogP contribution in [-0.4, -0.2) is 0 Å². The summed E-state index contributed by atoms with van der Waals surface area (Å²) in [6.45, 7) is 3.46. The fraction of sp³-hybridized carbons (Fsp3) is 0. The molecule has 0 bridgehead atoms. The van der Waals surface area contributed by atoms with E-state index in [-0.39, 0.29) is 5.56 Å². The van der Waals surface area contributed by atoms with E-state index in [0.29, 0.717) is 16.7 Å². The molecule has 0 spiro atoms. The van der Waals surface area contributed by atoms with Gasteiger partial charge in [-0.2, -0.15) is 5.26 Å². The summed E-state index contributed by atoms with van der Waals surface area (Å²) in [4.78, 5) is 0. The highest BCUT2D eigenvalue weighted by molar-refractivity contribution is 5.52. The quantitative estimate of drug-likeness (QED) is 0.718. The molecule has 96 valence electrons. The van der Waals surface area contributed by atoms with Gasteiger partial charge in [0.2, 0.25) is 0 Å². The molecule has 20 heavy (non-hydrogen) atoms. The monoisotopic (exact) mass is 265 g/mol. The minimum Gasteiger partial charge on any atom is -0.205 e. The smallest absolute Gasteiger partial charge is 0.142 e. The Morgan fingerprint density at radius 3 is 2.00 bits per heavy atom. The van der Waals surface area contributed by atoms with Crippen LogP contribution in [0.3, 0.4) is 0 Å². The average Bonchev–Trinajstić information content (AvgIpc) is 2.46. The number of rotatable bonds is 1. The van der Waals surface area contributed by atoms with E-state index in [0.717, 1.165) is 0 Å². The molecule has 0 heterocycles. The van der Waals surface area contributed by atoms with Gasteiger partial charge in [-0.15, -0.1) is 0 Å². The van der Waals surface area contributed by atoms with Crippen molar-refractivity contribution in [3.63, 3.8) is 0 Å². The van der Waals surface area contributed by atoms with Gasteiger partial charge in [-0.05, 0) is 42.0 Å². The lowest BCUT2D eigenvalue weighted by atomic mass is 10.1. The standard InChI is InChI=1S/C17H9F2N/c1-2-12-9-16(18)15(17(19)10-12)8-7-13-3-5-14(11-20)6-4-13/h2-6,9-10H,1H2. The molecule has 0 amide bonds. The van der Waals surface area contributed by atoms with Crippen molar-refractivity contribution in [3.05, 3.63) is 76.9 Å². The van der Waals surface area contributed by atoms with E-state index in [1.807, 2.05) is 6.07 Å². The first-order valence-corrected chi connectivity index (χ1v) is 5.77. The zero-order valence-corrected chi connectivity index (χ0v) is 10.5. The largest absolute Gasteiger partial charge is 0.205 e. The molecule has 0 fully saturated rings. The van der Waals surface area contributed by atoms with Crippen LogP contribution < -0.4 is 0 Å². The molecule has 0 atom stereocenters. The fourth-order valence-corrected chi connectivity index (χ4v) is 1.59. The number of hydrogen-bond acceptors (Lipinski definition) is 1. The number of nitrogens with zero attached hydrogens (tertiary/aromatic N) is 1. The maximum Gasteiger partial charge on any atom is 0.142 e. The summed E-state index contributed by atoms with van der Waals surface area (Å²) in [5.41, 5.74) is 1.17. The van der Waals surface area contributed by atoms with Gasteiger partial charge in [0.15, 0.2) is 0 Å². The maximum absolute atomic E-state index is 13.7. The third-order valence-corrected chi connectivity index (χ3v) is 2.65. The van der Waals surface area contributed by atoms with Crippen molar-refractivity contribution in [2.24, 2.45) is 0 Å². The van der Waals surface area contributed by atoms with Crippen LogP contribution in [0.5, 0.6) is 0 Å². The second-order valence-corrected chi connectivity index (χ2v) is 4.00. The Morgan fingerprint density at radius 1 is 0.950 bits per heavy atom. The molecule has 0 aromatic heterocycles. The number of halogens is 2. The Balaban J connectivity index is 2.37. The van der Waals surface area contributed by atoms with E-state index in [1.165, 1.54) is 18.2 Å². The van der Waals surface area contributed by atoms with Crippen molar-refractivity contribution >= 4 is 6.08 Å². The van der Waals surface area contributed by atoms with Gasteiger partial charge >= 0.3 is 0 Å². The van der Waals surface area contributed by atoms with Crippen LogP contribution in [0, 0.1) is 34.8 Å². The molecule has 0 N–H and O–H groups in total. The van der Waals surface area contributed by atoms with Gasteiger partial charge in [-0.1, -0.05) is 24.5 Å². The second kappa shape index (κ2) is 5.82. The zero-order valence-electron chi connectivity index (χ0n) is 10.5. The van der Waals surface area contributed by atoms with Crippen LogP contribution in [-0.2, 0) is 0 Å². The Hall–Kier alpha value is -2.91. The molecule has 0 saturated heterocycles. The number of nitriles is 1. The summed E-state index contributed by atoms with van der Waals surface area (Å²) in [7, 11) is 0. The SMILES string of the molecule is C=Cc1cc(F)c(C#Cc2ccc(C#N)cc2)c(F)c1. The molecule has 2 aromatic carbocycles. The molecule has 2 aromatic rings. The Kier molecular flexibility index (Phi) is 3.93. The molecule has 0 unspecified atom stereocenters. The summed E-state index contributed by atoms with van der Waals surface area (Å²) < 4.78 is 27.4. The third kappa shape index (κ3) is 2.91. The van der Waals surface area contributed by atoms with Gasteiger partial charge < -0.3 is 0 Å². The van der Waals surface area contributed by atoms with Gasteiger partial charge in [-0.3, -0.25) is 0 Å². The first-order valence-electron chi connectivity index (χ1n) is 5.77. The van der Waals surface area contributed by atoms with E-state index < -0.39 is 11.6 Å². The summed E-state index contributed by atoms with van der Waals surface area (Å²) in [5.74, 6) is 3.69. The van der Waals surface area contributed by atoms with Crippen LogP contribution in [0.1, 0.15) is 22.3 Å². The molecule has 2 rings (SSSR count). The van der Waals surface area contributed by atoms with E-state index >= 15 is 0 Å². The van der Waals surface area contributed by atoms with Gasteiger partial charge in [0.1, 0.15) is 11.6 Å². The van der Waals surface area contributed by atoms with Crippen molar-refractivity contribution < 1.29 is 8.78 Å². The van der Waals surface area contributed by atoms with Crippen molar-refractivity contribution in [3.8, 4) is 17.9 Å². The lowest BCUT2D eigenvalue weighted by Crippen LogP contribution is -1.91. The second-order valence-electron chi connectivity index (χ2n) is 4.00. The molecular formula is C17H9F2N. The Bertz CT molecular complexity index is 733. The average molecular weight is 265 g/mol. The lowest BCUT2D eigenvalue weighted by Gasteiger charge is -1.99. The van der Waals surface area contributed by atoms with Crippen LogP contribution in [0.4, 0.5) is 8.78 Å². The van der Waals surface area contributed by atoms with Crippen LogP contribution >= 0.6 is 0 Å². The van der Waals surface area contributed by atoms with Crippen LogP contribution in [0.25, 0.3) is 6.08 Å². The zero-order chi connectivity index (χ0) is 14.5. The highest BCUT2D eigenvalue weighted by atomic mass is 19.1. The number of hydrogen-bond donors (Lipinski definition) is 0. The van der Waals surface area contributed by atoms with Crippen LogP contribution in [0.15, 0.2) is 43.0 Å². The van der Waals surface area contributed by atoms with Crippen molar-refractivity contribution in [1.29, 1.82) is 5.26 Å². The maximum atomic E-state index is 13.7. The predicted molar refractivity (Wildman–Crippen MR) is 73.6 cm³/mol. The first kappa shape index (κ1) is 13.5. The lowest BCUT2D eigenvalue weighted by molar-refractivity contribution is 0.577. The van der Waals surface area contributed by atoms with E-state index in [1.54, 1.807) is 24.3 Å². The molecule has 0 aliphatic carbocycles. The Morgan fingerprint density at radius 2 is 1.50 bits per heavy atom. The number of benzene rings is 2. The normalized spacial score (nSPS) is 9.25. The van der Waals surface area contributed by atoms with Crippen molar-refractivity contribution in [2.45, 2.75) is 0 Å². The summed E-state index contributed by atoms with van der Waals surface area (Å²) in [6, 6.07) is 10.8. The minimum absolute atomic E-state index is 0.278. The third-order valence-electron chi connectivity index (χ3n) is 2.65. The molecule has 1 nitrogen and oxygen atoms in total. The summed E-state index contributed by atoms with van der Waals surface area (Å²) in [5, 5.41) is 8.67. The summed E-state index contributed by atoms with van der Waals surface area (Å²) >= 11 is 0.